The van der Waals surface area contributed by atoms with E-state index in [1.807, 2.05) is 38.0 Å². The molecule has 138 valence electrons. The van der Waals surface area contributed by atoms with Gasteiger partial charge >= 0.3 is 0 Å². The number of imidazole rings is 1. The molecule has 0 atom stereocenters. The molecule has 0 aromatic carbocycles. The Labute approximate surface area is 160 Å². The van der Waals surface area contributed by atoms with Crippen molar-refractivity contribution in [1.82, 2.24) is 22.8 Å². The van der Waals surface area contributed by atoms with Crippen LogP contribution in [0.4, 0.5) is 0 Å². The van der Waals surface area contributed by atoms with Crippen LogP contribution in [0.2, 0.25) is 5.15 Å². The molecule has 0 saturated heterocycles. The van der Waals surface area contributed by atoms with Crippen molar-refractivity contribution in [1.29, 1.82) is 0 Å². The highest BCUT2D eigenvalue weighted by molar-refractivity contribution is 7.90. The van der Waals surface area contributed by atoms with Crippen LogP contribution in [0.1, 0.15) is 5.56 Å². The van der Waals surface area contributed by atoms with Gasteiger partial charge in [-0.05, 0) is 32.1 Å². The van der Waals surface area contributed by atoms with Gasteiger partial charge in [0.1, 0.15) is 5.65 Å². The lowest BCUT2D eigenvalue weighted by molar-refractivity contribution is 0.414. The molecule has 0 amide bonds. The van der Waals surface area contributed by atoms with E-state index >= 15 is 0 Å². The molecule has 0 aliphatic rings. The van der Waals surface area contributed by atoms with E-state index in [2.05, 4.69) is 9.88 Å². The number of nitrogens with zero attached hydrogens (tertiary/aromatic N) is 5. The summed E-state index contributed by atoms with van der Waals surface area (Å²) in [5.74, 6) is 0. The van der Waals surface area contributed by atoms with E-state index in [9.17, 15) is 8.42 Å². The van der Waals surface area contributed by atoms with Crippen LogP contribution < -0.4 is 0 Å². The molecule has 26 heavy (non-hydrogen) atoms. The molecular formula is C16H18ClN5O2S2. The summed E-state index contributed by atoms with van der Waals surface area (Å²) >= 11 is 7.53. The van der Waals surface area contributed by atoms with Gasteiger partial charge < -0.3 is 9.47 Å². The van der Waals surface area contributed by atoms with Crippen molar-refractivity contribution < 1.29 is 8.42 Å². The number of fused-ring (bicyclic) bond motifs is 2. The minimum Gasteiger partial charge on any atom is -0.336 e. The van der Waals surface area contributed by atoms with Gasteiger partial charge in [0.2, 0.25) is 5.03 Å². The number of halogens is 1. The maximum atomic E-state index is 13.4. The number of thiazole rings is 1. The SMILES string of the molecule is CN(C)CCc1cn(S(=O)(=O)c2c(Cl)nc3sccn23)c2c1ccn2C. The number of hydrogen-bond acceptors (Lipinski definition) is 5. The predicted octanol–water partition coefficient (Wildman–Crippen LogP) is 2.68. The first kappa shape index (κ1) is 17.6. The Kier molecular flexibility index (Phi) is 4.14. The minimum atomic E-state index is -3.90. The molecule has 0 spiro atoms. The van der Waals surface area contributed by atoms with Crippen LogP contribution in [0, 0.1) is 0 Å². The van der Waals surface area contributed by atoms with Gasteiger partial charge in [0.25, 0.3) is 10.0 Å². The second kappa shape index (κ2) is 6.12. The second-order valence-corrected chi connectivity index (χ2v) is 9.40. The zero-order chi connectivity index (χ0) is 18.6. The first-order valence-electron chi connectivity index (χ1n) is 7.97. The summed E-state index contributed by atoms with van der Waals surface area (Å²) in [4.78, 5) is 6.79. The predicted molar refractivity (Wildman–Crippen MR) is 104 cm³/mol. The highest BCUT2D eigenvalue weighted by Crippen LogP contribution is 2.31. The molecule has 4 heterocycles. The Balaban J connectivity index is 1.94. The molecule has 7 nitrogen and oxygen atoms in total. The van der Waals surface area contributed by atoms with Crippen molar-refractivity contribution in [3.05, 3.63) is 40.8 Å². The number of aromatic nitrogens is 4. The molecule has 0 unspecified atom stereocenters. The van der Waals surface area contributed by atoms with Crippen molar-refractivity contribution in [3.63, 3.8) is 0 Å². The highest BCUT2D eigenvalue weighted by Gasteiger charge is 2.29. The van der Waals surface area contributed by atoms with E-state index in [0.717, 1.165) is 23.9 Å². The zero-order valence-electron chi connectivity index (χ0n) is 14.5. The number of aryl methyl sites for hydroxylation is 1. The van der Waals surface area contributed by atoms with Crippen LogP contribution >= 0.6 is 22.9 Å². The molecule has 0 aliphatic heterocycles. The van der Waals surface area contributed by atoms with Crippen LogP contribution in [0.15, 0.2) is 35.1 Å². The molecule has 4 aromatic rings. The van der Waals surface area contributed by atoms with Crippen LogP contribution in [0.3, 0.4) is 0 Å². The lowest BCUT2D eigenvalue weighted by Gasteiger charge is -2.08. The Morgan fingerprint density at radius 3 is 2.81 bits per heavy atom. The average molecular weight is 412 g/mol. The Morgan fingerprint density at radius 1 is 1.31 bits per heavy atom. The minimum absolute atomic E-state index is 0.00678. The number of rotatable bonds is 5. The normalized spacial score (nSPS) is 12.8. The molecule has 4 rings (SSSR count). The van der Waals surface area contributed by atoms with E-state index in [1.54, 1.807) is 17.8 Å². The topological polar surface area (TPSA) is 64.5 Å². The Morgan fingerprint density at radius 2 is 2.08 bits per heavy atom. The summed E-state index contributed by atoms with van der Waals surface area (Å²) in [6, 6.07) is 1.95. The smallest absolute Gasteiger partial charge is 0.288 e. The third-order valence-electron chi connectivity index (χ3n) is 4.38. The highest BCUT2D eigenvalue weighted by atomic mass is 35.5. The van der Waals surface area contributed by atoms with Crippen molar-refractivity contribution in [2.24, 2.45) is 7.05 Å². The molecule has 0 saturated carbocycles. The number of likely N-dealkylation sites (N-methyl/N-ethyl adjacent to an activating group) is 1. The Hall–Kier alpha value is -1.81. The van der Waals surface area contributed by atoms with Crippen molar-refractivity contribution in [2.45, 2.75) is 11.4 Å². The molecule has 4 aromatic heterocycles. The lowest BCUT2D eigenvalue weighted by Crippen LogP contribution is -2.16. The van der Waals surface area contributed by atoms with Crippen molar-refractivity contribution in [3.8, 4) is 0 Å². The van der Waals surface area contributed by atoms with Gasteiger partial charge in [-0.15, -0.1) is 11.3 Å². The van der Waals surface area contributed by atoms with Gasteiger partial charge in [0, 0.05) is 42.9 Å². The first-order chi connectivity index (χ1) is 12.3. The van der Waals surface area contributed by atoms with Gasteiger partial charge in [0.05, 0.1) is 0 Å². The molecule has 0 radical (unpaired) electrons. The van der Waals surface area contributed by atoms with Crippen LogP contribution in [-0.2, 0) is 23.5 Å². The van der Waals surface area contributed by atoms with Crippen molar-refractivity contribution >= 4 is 49.0 Å². The van der Waals surface area contributed by atoms with Gasteiger partial charge in [-0.25, -0.2) is 8.96 Å². The Bertz CT molecular complexity index is 1210. The zero-order valence-corrected chi connectivity index (χ0v) is 16.9. The van der Waals surface area contributed by atoms with E-state index in [4.69, 9.17) is 11.6 Å². The summed E-state index contributed by atoms with van der Waals surface area (Å²) in [6.45, 7) is 0.830. The van der Waals surface area contributed by atoms with Crippen LogP contribution in [0.25, 0.3) is 16.0 Å². The van der Waals surface area contributed by atoms with Gasteiger partial charge in [-0.2, -0.15) is 8.42 Å². The summed E-state index contributed by atoms with van der Waals surface area (Å²) in [5.41, 5.74) is 1.61. The standard InChI is InChI=1S/C16H18ClN5O2S2/c1-19(2)6-4-11-10-22(14-12(11)5-7-20(14)3)26(23,24)15-13(17)18-16-21(15)8-9-25-16/h5,7-10H,4,6H2,1-3H3. The summed E-state index contributed by atoms with van der Waals surface area (Å²) in [7, 11) is 1.92. The molecule has 0 bridgehead atoms. The average Bonchev–Trinajstić information content (AvgIpc) is 3.27. The third kappa shape index (κ3) is 2.58. The van der Waals surface area contributed by atoms with Crippen LogP contribution in [0.5, 0.6) is 0 Å². The number of hydrogen-bond donors (Lipinski definition) is 0. The van der Waals surface area contributed by atoms with E-state index in [1.165, 1.54) is 19.7 Å². The van der Waals surface area contributed by atoms with E-state index in [-0.39, 0.29) is 10.2 Å². The van der Waals surface area contributed by atoms with Crippen LogP contribution in [-0.4, -0.2) is 51.9 Å². The summed E-state index contributed by atoms with van der Waals surface area (Å²) in [5, 5.41) is 2.70. The molecular weight excluding hydrogens is 394 g/mol. The molecule has 0 aliphatic carbocycles. The summed E-state index contributed by atoms with van der Waals surface area (Å²) in [6.07, 6.45) is 5.99. The van der Waals surface area contributed by atoms with E-state index in [0.29, 0.717) is 10.6 Å². The van der Waals surface area contributed by atoms with Crippen molar-refractivity contribution in [2.75, 3.05) is 20.6 Å². The van der Waals surface area contributed by atoms with Gasteiger partial charge in [-0.3, -0.25) is 4.40 Å². The van der Waals surface area contributed by atoms with Gasteiger partial charge in [0.15, 0.2) is 10.1 Å². The fourth-order valence-electron chi connectivity index (χ4n) is 3.11. The molecule has 10 heteroatoms. The lowest BCUT2D eigenvalue weighted by atomic mass is 10.2. The quantitative estimate of drug-likeness (QED) is 0.506. The molecule has 0 fully saturated rings. The van der Waals surface area contributed by atoms with E-state index < -0.39 is 10.0 Å². The fourth-order valence-corrected chi connectivity index (χ4v) is 5.95. The van der Waals surface area contributed by atoms with Gasteiger partial charge in [-0.1, -0.05) is 11.6 Å². The fraction of sp³-hybridized carbons (Fsp3) is 0.312. The first-order valence-corrected chi connectivity index (χ1v) is 10.7. The maximum Gasteiger partial charge on any atom is 0.288 e. The second-order valence-electron chi connectivity index (χ2n) is 6.44. The monoisotopic (exact) mass is 411 g/mol. The third-order valence-corrected chi connectivity index (χ3v) is 7.18. The maximum absolute atomic E-state index is 13.4. The summed E-state index contributed by atoms with van der Waals surface area (Å²) < 4.78 is 31.5. The molecule has 0 N–H and O–H groups in total. The largest absolute Gasteiger partial charge is 0.336 e.